The summed E-state index contributed by atoms with van der Waals surface area (Å²) >= 11 is 0. The van der Waals surface area contributed by atoms with E-state index in [4.69, 9.17) is 19.2 Å². The van der Waals surface area contributed by atoms with Crippen molar-refractivity contribution in [3.8, 4) is 11.5 Å². The zero-order valence-corrected chi connectivity index (χ0v) is 30.2. The number of nitrogens with one attached hydrogen (secondary N) is 2. The molecule has 4 aromatic rings. The van der Waals surface area contributed by atoms with Gasteiger partial charge in [-0.3, -0.25) is 14.6 Å². The number of carbonyl (C=O) groups excluding carboxylic acids is 2. The summed E-state index contributed by atoms with van der Waals surface area (Å²) < 4.78 is 47.5. The van der Waals surface area contributed by atoms with Gasteiger partial charge in [0.2, 0.25) is 11.9 Å². The maximum atomic E-state index is 15.9. The Hall–Kier alpha value is -5.80. The van der Waals surface area contributed by atoms with Crippen LogP contribution >= 0.6 is 0 Å². The number of carbonyl (C=O) groups is 2. The van der Waals surface area contributed by atoms with Gasteiger partial charge in [0.25, 0.3) is 0 Å². The van der Waals surface area contributed by atoms with Crippen molar-refractivity contribution in [2.45, 2.75) is 19.5 Å². The number of ether oxygens (including phenoxy) is 3. The fraction of sp³-hybridized carbons (Fsp3) is 0.316. The minimum absolute atomic E-state index is 0.215. The van der Waals surface area contributed by atoms with Crippen LogP contribution in [0, 0.1) is 11.6 Å². The topological polar surface area (TPSA) is 125 Å². The first-order valence-corrected chi connectivity index (χ1v) is 17.1. The lowest BCUT2D eigenvalue weighted by molar-refractivity contribution is -0.111. The highest BCUT2D eigenvalue weighted by Gasteiger charge is 2.40. The summed E-state index contributed by atoms with van der Waals surface area (Å²) in [6.07, 6.45) is 4.72. The largest absolute Gasteiger partial charge is 0.493 e. The molecule has 0 aliphatic carbocycles. The molecule has 1 saturated heterocycles. The smallest absolute Gasteiger partial charge is 0.331 e. The molecule has 3 aromatic carbocycles. The number of hydrogen-bond acceptors (Lipinski definition) is 10. The third kappa shape index (κ3) is 8.16. The number of morpholine rings is 1. The van der Waals surface area contributed by atoms with Crippen LogP contribution in [-0.2, 0) is 16.1 Å². The number of benzene rings is 3. The third-order valence-electron chi connectivity index (χ3n) is 8.92. The van der Waals surface area contributed by atoms with E-state index in [9.17, 15) is 9.59 Å². The summed E-state index contributed by atoms with van der Waals surface area (Å²) in [6.45, 7) is 5.07. The fourth-order valence-electron chi connectivity index (χ4n) is 6.16. The van der Waals surface area contributed by atoms with Crippen LogP contribution in [0.4, 0.5) is 48.1 Å². The normalized spacial score (nSPS) is 15.1. The van der Waals surface area contributed by atoms with E-state index in [-0.39, 0.29) is 35.7 Å². The number of nitrogens with zero attached hydrogens (tertiary/aromatic N) is 6. The van der Waals surface area contributed by atoms with Crippen LogP contribution in [0.25, 0.3) is 0 Å². The Morgan fingerprint density at radius 2 is 1.72 bits per heavy atom. The molecule has 53 heavy (non-hydrogen) atoms. The molecular formula is C38H42F2N8O5. The summed E-state index contributed by atoms with van der Waals surface area (Å²) in [5.74, 6) is -2.58. The number of anilines is 6. The van der Waals surface area contributed by atoms with Gasteiger partial charge < -0.3 is 34.6 Å². The molecule has 1 aromatic heterocycles. The number of hydrogen-bond donors (Lipinski definition) is 2. The van der Waals surface area contributed by atoms with Crippen molar-refractivity contribution < 1.29 is 32.6 Å². The van der Waals surface area contributed by atoms with Crippen molar-refractivity contribution >= 4 is 46.5 Å². The van der Waals surface area contributed by atoms with Crippen LogP contribution in [0.2, 0.25) is 0 Å². The number of aromatic nitrogens is 2. The predicted molar refractivity (Wildman–Crippen MR) is 199 cm³/mol. The lowest BCUT2D eigenvalue weighted by Crippen LogP contribution is -2.49. The number of fused-ring (bicyclic) bond motifs is 1. The average Bonchev–Trinajstić information content (AvgIpc) is 3.15. The highest BCUT2D eigenvalue weighted by atomic mass is 19.1. The van der Waals surface area contributed by atoms with Gasteiger partial charge in [-0.1, -0.05) is 18.2 Å². The van der Waals surface area contributed by atoms with E-state index in [1.807, 2.05) is 43.3 Å². The minimum Gasteiger partial charge on any atom is -0.493 e. The van der Waals surface area contributed by atoms with Crippen molar-refractivity contribution in [3.63, 3.8) is 0 Å². The van der Waals surface area contributed by atoms with Crippen LogP contribution in [0.5, 0.6) is 11.5 Å². The van der Waals surface area contributed by atoms with Gasteiger partial charge >= 0.3 is 6.03 Å². The Morgan fingerprint density at radius 3 is 2.38 bits per heavy atom. The van der Waals surface area contributed by atoms with Crippen LogP contribution in [0.3, 0.4) is 0 Å². The highest BCUT2D eigenvalue weighted by molar-refractivity contribution is 6.06. The second kappa shape index (κ2) is 16.3. The van der Waals surface area contributed by atoms with Crippen molar-refractivity contribution in [1.29, 1.82) is 0 Å². The lowest BCUT2D eigenvalue weighted by Gasteiger charge is -2.39. The first-order chi connectivity index (χ1) is 25.6. The van der Waals surface area contributed by atoms with Gasteiger partial charge in [-0.2, -0.15) is 4.98 Å². The zero-order valence-electron chi connectivity index (χ0n) is 30.2. The standard InChI is InChI=1S/C38H42F2N8O5/c1-24(25-8-6-9-28(20-25)42-32(49)10-7-15-45(2)3)48-36-26(23-47(38(48)50)35-33(39)30(51-4)21-31(52-5)34(35)40)22-41-37(44-36)43-27-11-13-29(14-12-27)46-16-18-53-19-17-46/h6-14,20-22,24H,15-19,23H2,1-5H3,(H,42,49)(H,41,43,44)/b10-7+. The van der Waals surface area contributed by atoms with E-state index in [1.54, 1.807) is 37.3 Å². The van der Waals surface area contributed by atoms with E-state index in [0.29, 0.717) is 36.6 Å². The van der Waals surface area contributed by atoms with E-state index in [1.165, 1.54) is 31.4 Å². The highest BCUT2D eigenvalue weighted by Crippen LogP contribution is 2.42. The van der Waals surface area contributed by atoms with Gasteiger partial charge in [-0.05, 0) is 63.0 Å². The SMILES string of the molecule is COc1cc(OC)c(F)c(N2Cc3cnc(Nc4ccc(N5CCOCC5)cc4)nc3N(C(C)c3cccc(NC(=O)/C=C/CN(C)C)c3)C2=O)c1F. The van der Waals surface area contributed by atoms with Crippen LogP contribution < -0.4 is 34.8 Å². The molecule has 2 N–H and O–H groups in total. The minimum atomic E-state index is -1.07. The van der Waals surface area contributed by atoms with Crippen LogP contribution in [0.1, 0.15) is 24.1 Å². The maximum absolute atomic E-state index is 15.9. The quantitative estimate of drug-likeness (QED) is 0.165. The molecule has 3 amide bonds. The predicted octanol–water partition coefficient (Wildman–Crippen LogP) is 6.12. The molecule has 1 fully saturated rings. The molecule has 0 saturated carbocycles. The Balaban J connectivity index is 1.36. The second-order valence-corrected chi connectivity index (χ2v) is 12.8. The monoisotopic (exact) mass is 728 g/mol. The Morgan fingerprint density at radius 1 is 1.02 bits per heavy atom. The average molecular weight is 729 g/mol. The Labute approximate surface area is 306 Å². The summed E-state index contributed by atoms with van der Waals surface area (Å²) in [7, 11) is 6.28. The molecule has 2 aliphatic heterocycles. The molecule has 0 radical (unpaired) electrons. The number of methoxy groups -OCH3 is 2. The van der Waals surface area contributed by atoms with E-state index in [0.717, 1.165) is 35.4 Å². The second-order valence-electron chi connectivity index (χ2n) is 12.8. The van der Waals surface area contributed by atoms with Crippen molar-refractivity contribution in [1.82, 2.24) is 14.9 Å². The van der Waals surface area contributed by atoms with Gasteiger partial charge in [0.15, 0.2) is 23.1 Å². The van der Waals surface area contributed by atoms with Gasteiger partial charge in [0.05, 0.1) is 40.0 Å². The Kier molecular flexibility index (Phi) is 11.3. The van der Waals surface area contributed by atoms with Gasteiger partial charge in [-0.25, -0.2) is 18.6 Å². The molecule has 2 aliphatic rings. The van der Waals surface area contributed by atoms with Crippen LogP contribution in [0.15, 0.2) is 72.9 Å². The van der Waals surface area contributed by atoms with Gasteiger partial charge in [0, 0.05) is 60.6 Å². The first-order valence-electron chi connectivity index (χ1n) is 17.1. The number of halogens is 2. The van der Waals surface area contributed by atoms with Crippen molar-refractivity contribution in [2.75, 3.05) is 86.5 Å². The summed E-state index contributed by atoms with van der Waals surface area (Å²) in [4.78, 5) is 43.0. The molecule has 1 unspecified atom stereocenters. The summed E-state index contributed by atoms with van der Waals surface area (Å²) in [5, 5.41) is 6.07. The molecule has 0 bridgehead atoms. The van der Waals surface area contributed by atoms with Crippen LogP contribution in [-0.4, -0.2) is 88.0 Å². The molecule has 15 heteroatoms. The van der Waals surface area contributed by atoms with Crippen molar-refractivity contribution in [3.05, 3.63) is 95.7 Å². The number of amides is 3. The molecule has 278 valence electrons. The zero-order chi connectivity index (χ0) is 37.6. The van der Waals surface area contributed by atoms with E-state index >= 15 is 8.78 Å². The molecule has 3 heterocycles. The Bertz CT molecular complexity index is 1960. The third-order valence-corrected chi connectivity index (χ3v) is 8.92. The fourth-order valence-corrected chi connectivity index (χ4v) is 6.16. The molecule has 1 atom stereocenters. The van der Waals surface area contributed by atoms with Gasteiger partial charge in [-0.15, -0.1) is 0 Å². The lowest BCUT2D eigenvalue weighted by atomic mass is 10.0. The van der Waals surface area contributed by atoms with Gasteiger partial charge in [0.1, 0.15) is 11.5 Å². The molecule has 6 rings (SSSR count). The molecule has 13 nitrogen and oxygen atoms in total. The van der Waals surface area contributed by atoms with E-state index in [2.05, 4.69) is 20.5 Å². The summed E-state index contributed by atoms with van der Waals surface area (Å²) in [5.41, 5.74) is 2.70. The number of urea groups is 1. The molecule has 0 spiro atoms. The molecular weight excluding hydrogens is 686 g/mol. The first kappa shape index (κ1) is 37.0. The van der Waals surface area contributed by atoms with Crippen molar-refractivity contribution in [2.24, 2.45) is 0 Å². The maximum Gasteiger partial charge on any atom is 0.331 e. The summed E-state index contributed by atoms with van der Waals surface area (Å²) in [6, 6.07) is 14.4. The number of likely N-dealkylation sites (N-methyl/N-ethyl adjacent to an activating group) is 1. The number of rotatable bonds is 12. The van der Waals surface area contributed by atoms with E-state index < -0.39 is 29.4 Å².